The molecule has 1 fully saturated rings. The summed E-state index contributed by atoms with van der Waals surface area (Å²) in [5, 5.41) is 3.43. The van der Waals surface area contributed by atoms with Crippen LogP contribution in [0.2, 0.25) is 0 Å². The van der Waals surface area contributed by atoms with Gasteiger partial charge in [0, 0.05) is 12.2 Å². The molecular weight excluding hydrogens is 212 g/mol. The summed E-state index contributed by atoms with van der Waals surface area (Å²) in [6.45, 7) is 4.09. The highest BCUT2D eigenvalue weighted by Crippen LogP contribution is 2.38. The third-order valence-corrected chi connectivity index (χ3v) is 3.19. The zero-order valence-corrected chi connectivity index (χ0v) is 10.2. The van der Waals surface area contributed by atoms with Gasteiger partial charge in [-0.25, -0.2) is 4.98 Å². The topological polar surface area (TPSA) is 42.7 Å². The molecule has 0 saturated heterocycles. The maximum absolute atomic E-state index is 4.68. The van der Waals surface area contributed by atoms with Crippen LogP contribution >= 0.6 is 0 Å². The molecule has 2 aromatic rings. The van der Waals surface area contributed by atoms with Crippen molar-refractivity contribution in [2.75, 3.05) is 6.54 Å². The molecule has 1 saturated carbocycles. The van der Waals surface area contributed by atoms with Crippen LogP contribution < -0.4 is 5.32 Å². The largest absolute Gasteiger partial charge is 0.324 e. The Morgan fingerprint density at radius 2 is 2.35 bits per heavy atom. The van der Waals surface area contributed by atoms with Gasteiger partial charge in [0.2, 0.25) is 0 Å². The number of pyridine rings is 1. The average molecular weight is 230 g/mol. The van der Waals surface area contributed by atoms with E-state index in [1.54, 1.807) is 0 Å². The monoisotopic (exact) mass is 230 g/mol. The maximum Gasteiger partial charge on any atom is 0.124 e. The molecule has 4 nitrogen and oxygen atoms in total. The van der Waals surface area contributed by atoms with E-state index in [0.717, 1.165) is 30.9 Å². The average Bonchev–Trinajstić information content (AvgIpc) is 3.11. The minimum atomic E-state index is 0.667. The molecule has 0 radical (unpaired) electrons. The molecule has 0 aromatic carbocycles. The summed E-state index contributed by atoms with van der Waals surface area (Å²) in [4.78, 5) is 8.83. The minimum Gasteiger partial charge on any atom is -0.324 e. The number of aromatic nitrogens is 3. The lowest BCUT2D eigenvalue weighted by Crippen LogP contribution is -2.17. The summed E-state index contributed by atoms with van der Waals surface area (Å²) in [6, 6.07) is 2.74. The fourth-order valence-electron chi connectivity index (χ4n) is 2.24. The molecule has 0 bridgehead atoms. The zero-order valence-electron chi connectivity index (χ0n) is 10.2. The van der Waals surface area contributed by atoms with Gasteiger partial charge in [0.1, 0.15) is 11.3 Å². The second-order valence-electron chi connectivity index (χ2n) is 4.67. The van der Waals surface area contributed by atoms with Gasteiger partial charge < -0.3 is 9.88 Å². The zero-order chi connectivity index (χ0) is 11.7. The molecule has 2 aromatic heterocycles. The maximum atomic E-state index is 4.68. The summed E-state index contributed by atoms with van der Waals surface area (Å²) >= 11 is 0. The SMILES string of the molecule is CCCNCc1nc2cnccc2n1C1CC1. The van der Waals surface area contributed by atoms with E-state index >= 15 is 0 Å². The summed E-state index contributed by atoms with van der Waals surface area (Å²) in [7, 11) is 0. The van der Waals surface area contributed by atoms with Gasteiger partial charge in [-0.3, -0.25) is 4.98 Å². The normalized spacial score (nSPS) is 15.6. The van der Waals surface area contributed by atoms with E-state index in [1.807, 2.05) is 12.4 Å². The summed E-state index contributed by atoms with van der Waals surface area (Å²) in [6.07, 6.45) is 7.44. The van der Waals surface area contributed by atoms with E-state index < -0.39 is 0 Å². The third kappa shape index (κ3) is 2.05. The fourth-order valence-corrected chi connectivity index (χ4v) is 2.24. The third-order valence-electron chi connectivity index (χ3n) is 3.19. The first-order valence-corrected chi connectivity index (χ1v) is 6.41. The Labute approximate surface area is 101 Å². The van der Waals surface area contributed by atoms with E-state index in [0.29, 0.717) is 6.04 Å². The number of fused-ring (bicyclic) bond motifs is 1. The molecule has 2 heterocycles. The van der Waals surface area contributed by atoms with E-state index in [-0.39, 0.29) is 0 Å². The Kier molecular flexibility index (Phi) is 2.81. The van der Waals surface area contributed by atoms with Crippen LogP contribution in [-0.2, 0) is 6.54 Å². The molecule has 90 valence electrons. The quantitative estimate of drug-likeness (QED) is 0.801. The van der Waals surface area contributed by atoms with Gasteiger partial charge in [-0.2, -0.15) is 0 Å². The Morgan fingerprint density at radius 3 is 3.12 bits per heavy atom. The van der Waals surface area contributed by atoms with Crippen molar-refractivity contribution in [2.45, 2.75) is 38.8 Å². The highest BCUT2D eigenvalue weighted by Gasteiger charge is 2.27. The predicted molar refractivity (Wildman–Crippen MR) is 67.8 cm³/mol. The fraction of sp³-hybridized carbons (Fsp3) is 0.538. The minimum absolute atomic E-state index is 0.667. The molecule has 3 rings (SSSR count). The van der Waals surface area contributed by atoms with E-state index in [9.17, 15) is 0 Å². The van der Waals surface area contributed by atoms with Crippen LogP contribution in [0, 0.1) is 0 Å². The summed E-state index contributed by atoms with van der Waals surface area (Å²) in [5.74, 6) is 1.16. The van der Waals surface area contributed by atoms with Crippen LogP contribution in [-0.4, -0.2) is 21.1 Å². The van der Waals surface area contributed by atoms with Crippen LogP contribution in [0.1, 0.15) is 38.1 Å². The van der Waals surface area contributed by atoms with Gasteiger partial charge in [-0.05, 0) is 31.9 Å². The Morgan fingerprint density at radius 1 is 1.47 bits per heavy atom. The van der Waals surface area contributed by atoms with Crippen molar-refractivity contribution < 1.29 is 0 Å². The second-order valence-corrected chi connectivity index (χ2v) is 4.67. The van der Waals surface area contributed by atoms with Crippen molar-refractivity contribution in [1.82, 2.24) is 19.9 Å². The lowest BCUT2D eigenvalue weighted by Gasteiger charge is -2.07. The van der Waals surface area contributed by atoms with Crippen LogP contribution in [0.15, 0.2) is 18.5 Å². The highest BCUT2D eigenvalue weighted by atomic mass is 15.2. The number of rotatable bonds is 5. The van der Waals surface area contributed by atoms with Crippen molar-refractivity contribution in [3.05, 3.63) is 24.3 Å². The van der Waals surface area contributed by atoms with Gasteiger partial charge >= 0.3 is 0 Å². The molecule has 0 atom stereocenters. The van der Waals surface area contributed by atoms with Crippen molar-refractivity contribution in [3.63, 3.8) is 0 Å². The Balaban J connectivity index is 1.95. The number of nitrogens with one attached hydrogen (secondary N) is 1. The van der Waals surface area contributed by atoms with E-state index in [2.05, 4.69) is 32.8 Å². The lowest BCUT2D eigenvalue weighted by molar-refractivity contribution is 0.609. The highest BCUT2D eigenvalue weighted by molar-refractivity contribution is 5.75. The molecule has 0 unspecified atom stereocenters. The molecule has 1 N–H and O–H groups in total. The molecule has 1 aliphatic carbocycles. The second kappa shape index (κ2) is 4.45. The number of hydrogen-bond acceptors (Lipinski definition) is 3. The summed E-state index contributed by atoms with van der Waals surface area (Å²) in [5.41, 5.74) is 2.25. The Bertz CT molecular complexity index is 513. The van der Waals surface area contributed by atoms with Crippen LogP contribution in [0.4, 0.5) is 0 Å². The number of imidazole rings is 1. The molecule has 4 heteroatoms. The van der Waals surface area contributed by atoms with Crippen LogP contribution in [0.3, 0.4) is 0 Å². The number of nitrogens with zero attached hydrogens (tertiary/aromatic N) is 3. The van der Waals surface area contributed by atoms with Crippen molar-refractivity contribution in [2.24, 2.45) is 0 Å². The van der Waals surface area contributed by atoms with Gasteiger partial charge in [-0.1, -0.05) is 6.92 Å². The molecule has 0 spiro atoms. The van der Waals surface area contributed by atoms with Gasteiger partial charge in [-0.15, -0.1) is 0 Å². The van der Waals surface area contributed by atoms with E-state index in [1.165, 1.54) is 18.4 Å². The molecular formula is C13H18N4. The van der Waals surface area contributed by atoms with Gasteiger partial charge in [0.05, 0.1) is 18.3 Å². The standard InChI is InChI=1S/C13H18N4/c1-2-6-14-9-13-16-11-8-15-7-5-12(11)17(13)10-3-4-10/h5,7-8,10,14H,2-4,6,9H2,1H3. The number of hydrogen-bond donors (Lipinski definition) is 1. The Hall–Kier alpha value is -1.42. The van der Waals surface area contributed by atoms with Gasteiger partial charge in [0.15, 0.2) is 0 Å². The van der Waals surface area contributed by atoms with Crippen LogP contribution in [0.5, 0.6) is 0 Å². The smallest absolute Gasteiger partial charge is 0.124 e. The van der Waals surface area contributed by atoms with Crippen molar-refractivity contribution in [3.8, 4) is 0 Å². The predicted octanol–water partition coefficient (Wildman–Crippen LogP) is 2.27. The molecule has 0 amide bonds. The van der Waals surface area contributed by atoms with Gasteiger partial charge in [0.25, 0.3) is 0 Å². The molecule has 1 aliphatic rings. The van der Waals surface area contributed by atoms with Crippen LogP contribution in [0.25, 0.3) is 11.0 Å². The first-order chi connectivity index (χ1) is 8.40. The molecule has 17 heavy (non-hydrogen) atoms. The first kappa shape index (κ1) is 10.7. The lowest BCUT2D eigenvalue weighted by atomic mass is 10.4. The van der Waals surface area contributed by atoms with Crippen molar-refractivity contribution >= 4 is 11.0 Å². The van der Waals surface area contributed by atoms with Crippen molar-refractivity contribution in [1.29, 1.82) is 0 Å². The first-order valence-electron chi connectivity index (χ1n) is 6.41. The molecule has 0 aliphatic heterocycles. The summed E-state index contributed by atoms with van der Waals surface area (Å²) < 4.78 is 2.39. The van der Waals surface area contributed by atoms with E-state index in [4.69, 9.17) is 0 Å².